The second kappa shape index (κ2) is 5.44. The van der Waals surface area contributed by atoms with Crippen LogP contribution in [-0.4, -0.2) is 34.7 Å². The van der Waals surface area contributed by atoms with E-state index in [4.69, 9.17) is 5.11 Å². The number of aliphatic hydroxyl groups is 1. The molecule has 0 amide bonds. The molecule has 1 aromatic rings. The van der Waals surface area contributed by atoms with Crippen molar-refractivity contribution in [2.24, 2.45) is 0 Å². The third kappa shape index (κ3) is 4.17. The molecule has 0 aliphatic rings. The van der Waals surface area contributed by atoms with Gasteiger partial charge in [0, 0.05) is 17.6 Å². The zero-order valence-electron chi connectivity index (χ0n) is 9.03. The zero-order chi connectivity index (χ0) is 10.6. The van der Waals surface area contributed by atoms with Gasteiger partial charge < -0.3 is 5.11 Å². The van der Waals surface area contributed by atoms with Crippen LogP contribution in [0.5, 0.6) is 0 Å². The van der Waals surface area contributed by atoms with Gasteiger partial charge in [0.2, 0.25) is 0 Å². The fraction of sp³-hybridized carbons (Fsp3) is 0.700. The maximum absolute atomic E-state index is 9.13. The van der Waals surface area contributed by atoms with Crippen molar-refractivity contribution in [2.45, 2.75) is 32.9 Å². The van der Waals surface area contributed by atoms with E-state index in [1.165, 1.54) is 0 Å². The van der Waals surface area contributed by atoms with E-state index in [9.17, 15) is 0 Å². The number of aromatic nitrogens is 1. The summed E-state index contributed by atoms with van der Waals surface area (Å²) in [6, 6.07) is 0. The first-order valence-electron chi connectivity index (χ1n) is 4.85. The van der Waals surface area contributed by atoms with Crippen molar-refractivity contribution in [3.05, 3.63) is 16.1 Å². The highest BCUT2D eigenvalue weighted by molar-refractivity contribution is 7.09. The van der Waals surface area contributed by atoms with Gasteiger partial charge in [-0.2, -0.15) is 0 Å². The molecule has 0 fully saturated rings. The summed E-state index contributed by atoms with van der Waals surface area (Å²) in [6.07, 6.45) is 0.608. The van der Waals surface area contributed by atoms with Gasteiger partial charge in [0.1, 0.15) is 5.01 Å². The lowest BCUT2D eigenvalue weighted by atomic mass is 10.3. The summed E-state index contributed by atoms with van der Waals surface area (Å²) in [6.45, 7) is 5.62. The van der Waals surface area contributed by atoms with Crippen molar-refractivity contribution in [1.82, 2.24) is 9.88 Å². The molecule has 4 heteroatoms. The van der Waals surface area contributed by atoms with E-state index in [0.29, 0.717) is 0 Å². The summed E-state index contributed by atoms with van der Waals surface area (Å²) in [5, 5.41) is 12.3. The topological polar surface area (TPSA) is 36.4 Å². The van der Waals surface area contributed by atoms with Crippen molar-refractivity contribution < 1.29 is 5.11 Å². The molecule has 0 saturated carbocycles. The summed E-state index contributed by atoms with van der Waals surface area (Å²) < 4.78 is 0. The minimum atomic E-state index is -0.213. The van der Waals surface area contributed by atoms with Crippen LogP contribution < -0.4 is 0 Å². The lowest BCUT2D eigenvalue weighted by Crippen LogP contribution is -2.21. The fourth-order valence-electron chi connectivity index (χ4n) is 1.19. The van der Waals surface area contributed by atoms with Gasteiger partial charge >= 0.3 is 0 Å². The first-order chi connectivity index (χ1) is 6.58. The molecule has 1 unspecified atom stereocenters. The largest absolute Gasteiger partial charge is 0.393 e. The smallest absolute Gasteiger partial charge is 0.107 e. The highest BCUT2D eigenvalue weighted by atomic mass is 32.1. The van der Waals surface area contributed by atoms with Crippen LogP contribution in [0.25, 0.3) is 0 Å². The number of rotatable bonds is 5. The number of hydrogen-bond acceptors (Lipinski definition) is 4. The molecule has 0 radical (unpaired) electrons. The number of aryl methyl sites for hydroxylation is 1. The summed E-state index contributed by atoms with van der Waals surface area (Å²) >= 11 is 1.70. The van der Waals surface area contributed by atoms with Crippen molar-refractivity contribution in [3.8, 4) is 0 Å². The third-order valence-electron chi connectivity index (χ3n) is 2.00. The van der Waals surface area contributed by atoms with Crippen LogP contribution in [0, 0.1) is 6.92 Å². The van der Waals surface area contributed by atoms with E-state index in [-0.39, 0.29) is 6.10 Å². The second-order valence-corrected chi connectivity index (χ2v) is 4.70. The van der Waals surface area contributed by atoms with Crippen molar-refractivity contribution >= 4 is 11.3 Å². The SMILES string of the molecule is Cc1csc(CN(C)CCC(C)O)n1. The number of nitrogens with zero attached hydrogens (tertiary/aromatic N) is 2. The Hall–Kier alpha value is -0.450. The lowest BCUT2D eigenvalue weighted by molar-refractivity contribution is 0.163. The molecule has 1 heterocycles. The van der Waals surface area contributed by atoms with Crippen LogP contribution in [0.4, 0.5) is 0 Å². The van der Waals surface area contributed by atoms with Crippen molar-refractivity contribution in [3.63, 3.8) is 0 Å². The van der Waals surface area contributed by atoms with Gasteiger partial charge in [-0.25, -0.2) is 4.98 Å². The fourth-order valence-corrected chi connectivity index (χ4v) is 2.04. The molecule has 1 aromatic heterocycles. The summed E-state index contributed by atoms with van der Waals surface area (Å²) in [5.74, 6) is 0. The molecule has 14 heavy (non-hydrogen) atoms. The van der Waals surface area contributed by atoms with Gasteiger partial charge in [0.25, 0.3) is 0 Å². The molecule has 0 bridgehead atoms. The lowest BCUT2D eigenvalue weighted by Gasteiger charge is -2.15. The van der Waals surface area contributed by atoms with Crippen LogP contribution in [-0.2, 0) is 6.54 Å². The van der Waals surface area contributed by atoms with Gasteiger partial charge in [-0.3, -0.25) is 4.90 Å². The van der Waals surface area contributed by atoms with Gasteiger partial charge in [-0.1, -0.05) is 0 Å². The third-order valence-corrected chi connectivity index (χ3v) is 2.95. The minimum Gasteiger partial charge on any atom is -0.393 e. The van der Waals surface area contributed by atoms with Crippen LogP contribution in [0.1, 0.15) is 24.0 Å². The van der Waals surface area contributed by atoms with Crippen LogP contribution in [0.3, 0.4) is 0 Å². The van der Waals surface area contributed by atoms with Crippen molar-refractivity contribution in [1.29, 1.82) is 0 Å². The van der Waals surface area contributed by atoms with Gasteiger partial charge in [0.15, 0.2) is 0 Å². The Morgan fingerprint density at radius 1 is 1.64 bits per heavy atom. The zero-order valence-corrected chi connectivity index (χ0v) is 9.84. The standard InChI is InChI=1S/C10H18N2OS/c1-8-7-14-10(11-8)6-12(3)5-4-9(2)13/h7,9,13H,4-6H2,1-3H3. The summed E-state index contributed by atoms with van der Waals surface area (Å²) in [5.41, 5.74) is 1.09. The average Bonchev–Trinajstić information content (AvgIpc) is 2.48. The molecular weight excluding hydrogens is 196 g/mol. The predicted octanol–water partition coefficient (Wildman–Crippen LogP) is 1.65. The van der Waals surface area contributed by atoms with Gasteiger partial charge in [-0.05, 0) is 27.3 Å². The molecule has 0 saturated heterocycles. The van der Waals surface area contributed by atoms with Crippen LogP contribution in [0.2, 0.25) is 0 Å². The molecule has 0 spiro atoms. The Morgan fingerprint density at radius 3 is 2.86 bits per heavy atom. The first kappa shape index (κ1) is 11.6. The highest BCUT2D eigenvalue weighted by Crippen LogP contribution is 2.10. The molecule has 3 nitrogen and oxygen atoms in total. The average molecular weight is 214 g/mol. The Labute approximate surface area is 89.4 Å². The Kier molecular flexibility index (Phi) is 4.51. The molecule has 80 valence electrons. The summed E-state index contributed by atoms with van der Waals surface area (Å²) in [7, 11) is 2.05. The maximum atomic E-state index is 9.13. The van der Waals surface area contributed by atoms with E-state index in [1.54, 1.807) is 11.3 Å². The van der Waals surface area contributed by atoms with Crippen molar-refractivity contribution in [2.75, 3.05) is 13.6 Å². The Balaban J connectivity index is 2.30. The van der Waals surface area contributed by atoms with E-state index < -0.39 is 0 Å². The quantitative estimate of drug-likeness (QED) is 0.809. The second-order valence-electron chi connectivity index (χ2n) is 3.76. The normalized spacial score (nSPS) is 13.5. The first-order valence-corrected chi connectivity index (χ1v) is 5.73. The maximum Gasteiger partial charge on any atom is 0.107 e. The van der Waals surface area contributed by atoms with Crippen LogP contribution in [0.15, 0.2) is 5.38 Å². The number of aliphatic hydroxyl groups excluding tert-OH is 1. The van der Waals surface area contributed by atoms with E-state index >= 15 is 0 Å². The molecule has 1 atom stereocenters. The molecule has 0 aromatic carbocycles. The molecule has 1 rings (SSSR count). The number of thiazole rings is 1. The molecule has 0 aliphatic carbocycles. The Morgan fingerprint density at radius 2 is 2.36 bits per heavy atom. The summed E-state index contributed by atoms with van der Waals surface area (Å²) in [4.78, 5) is 6.58. The molecule has 0 aliphatic heterocycles. The Bertz CT molecular complexity index is 273. The highest BCUT2D eigenvalue weighted by Gasteiger charge is 2.04. The van der Waals surface area contributed by atoms with Crippen LogP contribution >= 0.6 is 11.3 Å². The van der Waals surface area contributed by atoms with E-state index in [2.05, 4.69) is 22.3 Å². The predicted molar refractivity (Wildman–Crippen MR) is 59.5 cm³/mol. The monoisotopic (exact) mass is 214 g/mol. The molecular formula is C10H18N2OS. The molecule has 1 N–H and O–H groups in total. The minimum absolute atomic E-state index is 0.213. The van der Waals surface area contributed by atoms with E-state index in [0.717, 1.165) is 30.2 Å². The number of hydrogen-bond donors (Lipinski definition) is 1. The van der Waals surface area contributed by atoms with Gasteiger partial charge in [0.05, 0.1) is 12.6 Å². The van der Waals surface area contributed by atoms with Gasteiger partial charge in [-0.15, -0.1) is 11.3 Å². The van der Waals surface area contributed by atoms with E-state index in [1.807, 2.05) is 13.8 Å².